The predicted molar refractivity (Wildman–Crippen MR) is 79.4 cm³/mol. The van der Waals surface area contributed by atoms with Gasteiger partial charge in [-0.15, -0.1) is 0 Å². The SMILES string of the molecule is NC1=NN(c2ccc(Cl)cc2)[C@H](c2ccccc2)C1. The van der Waals surface area contributed by atoms with Crippen LogP contribution in [0.15, 0.2) is 59.7 Å². The van der Waals surface area contributed by atoms with Gasteiger partial charge in [0.25, 0.3) is 0 Å². The molecule has 0 aromatic heterocycles. The zero-order valence-corrected chi connectivity index (χ0v) is 11.1. The van der Waals surface area contributed by atoms with Gasteiger partial charge in [0.05, 0.1) is 11.7 Å². The fourth-order valence-corrected chi connectivity index (χ4v) is 2.43. The Morgan fingerprint density at radius 2 is 1.74 bits per heavy atom. The number of halogens is 1. The highest BCUT2D eigenvalue weighted by molar-refractivity contribution is 6.30. The average molecular weight is 272 g/mol. The van der Waals surface area contributed by atoms with Crippen LogP contribution in [-0.4, -0.2) is 5.84 Å². The first-order valence-electron chi connectivity index (χ1n) is 6.17. The van der Waals surface area contributed by atoms with Crippen molar-refractivity contribution in [3.63, 3.8) is 0 Å². The van der Waals surface area contributed by atoms with Gasteiger partial charge in [0.15, 0.2) is 0 Å². The standard InChI is InChI=1S/C15H14ClN3/c16-12-6-8-13(9-7-12)19-14(10-15(17)18-19)11-4-2-1-3-5-11/h1-9,14H,10H2,(H2,17,18)/t14-/m0/s1. The first-order valence-corrected chi connectivity index (χ1v) is 6.54. The second kappa shape index (κ2) is 4.94. The van der Waals surface area contributed by atoms with E-state index in [2.05, 4.69) is 17.2 Å². The summed E-state index contributed by atoms with van der Waals surface area (Å²) in [6.07, 6.45) is 0.743. The molecule has 0 fully saturated rings. The van der Waals surface area contributed by atoms with E-state index in [4.69, 9.17) is 17.3 Å². The Bertz CT molecular complexity index is 593. The van der Waals surface area contributed by atoms with Gasteiger partial charge in [-0.2, -0.15) is 5.10 Å². The van der Waals surface area contributed by atoms with E-state index in [1.54, 1.807) is 0 Å². The van der Waals surface area contributed by atoms with Crippen molar-refractivity contribution in [1.82, 2.24) is 0 Å². The molecule has 0 bridgehead atoms. The summed E-state index contributed by atoms with van der Waals surface area (Å²) in [6.45, 7) is 0. The molecule has 0 amide bonds. The van der Waals surface area contributed by atoms with Gasteiger partial charge in [-0.1, -0.05) is 41.9 Å². The molecular formula is C15H14ClN3. The van der Waals surface area contributed by atoms with Crippen molar-refractivity contribution in [1.29, 1.82) is 0 Å². The summed E-state index contributed by atoms with van der Waals surface area (Å²) >= 11 is 5.92. The summed E-state index contributed by atoms with van der Waals surface area (Å²) in [5, 5.41) is 7.11. The summed E-state index contributed by atoms with van der Waals surface area (Å²) in [6, 6.07) is 18.1. The van der Waals surface area contributed by atoms with Crippen LogP contribution in [0.5, 0.6) is 0 Å². The van der Waals surface area contributed by atoms with E-state index in [1.807, 2.05) is 47.5 Å². The Morgan fingerprint density at radius 1 is 1.05 bits per heavy atom. The van der Waals surface area contributed by atoms with Gasteiger partial charge in [0, 0.05) is 11.4 Å². The van der Waals surface area contributed by atoms with Gasteiger partial charge < -0.3 is 5.73 Å². The van der Waals surface area contributed by atoms with Crippen molar-refractivity contribution in [2.24, 2.45) is 10.8 Å². The molecule has 0 unspecified atom stereocenters. The highest BCUT2D eigenvalue weighted by atomic mass is 35.5. The molecule has 0 saturated heterocycles. The molecule has 2 N–H and O–H groups in total. The first-order chi connectivity index (χ1) is 9.24. The molecule has 96 valence electrons. The number of hydrazone groups is 1. The fraction of sp³-hybridized carbons (Fsp3) is 0.133. The monoisotopic (exact) mass is 271 g/mol. The zero-order valence-electron chi connectivity index (χ0n) is 10.3. The van der Waals surface area contributed by atoms with Gasteiger partial charge in [0.1, 0.15) is 5.84 Å². The van der Waals surface area contributed by atoms with Crippen LogP contribution >= 0.6 is 11.6 Å². The third-order valence-electron chi connectivity index (χ3n) is 3.21. The largest absolute Gasteiger partial charge is 0.386 e. The summed E-state index contributed by atoms with van der Waals surface area (Å²) < 4.78 is 0. The molecule has 19 heavy (non-hydrogen) atoms. The highest BCUT2D eigenvalue weighted by Gasteiger charge is 2.27. The number of nitrogens with two attached hydrogens (primary N) is 1. The number of nitrogens with zero attached hydrogens (tertiary/aromatic N) is 2. The minimum Gasteiger partial charge on any atom is -0.386 e. The van der Waals surface area contributed by atoms with Crippen LogP contribution in [0.4, 0.5) is 5.69 Å². The number of amidine groups is 1. The van der Waals surface area contributed by atoms with E-state index >= 15 is 0 Å². The van der Waals surface area contributed by atoms with E-state index in [-0.39, 0.29) is 6.04 Å². The maximum Gasteiger partial charge on any atom is 0.122 e. The molecule has 2 aromatic rings. The van der Waals surface area contributed by atoms with Crippen LogP contribution in [0.1, 0.15) is 18.0 Å². The Hall–Kier alpha value is -2.00. The van der Waals surface area contributed by atoms with Crippen LogP contribution in [0, 0.1) is 0 Å². The van der Waals surface area contributed by atoms with Crippen molar-refractivity contribution in [3.05, 3.63) is 65.2 Å². The van der Waals surface area contributed by atoms with Gasteiger partial charge in [-0.25, -0.2) is 0 Å². The third-order valence-corrected chi connectivity index (χ3v) is 3.46. The molecular weight excluding hydrogens is 258 g/mol. The third kappa shape index (κ3) is 2.42. The molecule has 1 atom stereocenters. The normalized spacial score (nSPS) is 18.5. The maximum atomic E-state index is 5.92. The van der Waals surface area contributed by atoms with E-state index < -0.39 is 0 Å². The molecule has 1 aliphatic heterocycles. The lowest BCUT2D eigenvalue weighted by Crippen LogP contribution is -2.18. The number of anilines is 1. The molecule has 4 heteroatoms. The summed E-state index contributed by atoms with van der Waals surface area (Å²) in [5.41, 5.74) is 8.11. The summed E-state index contributed by atoms with van der Waals surface area (Å²) in [4.78, 5) is 0. The molecule has 0 aliphatic carbocycles. The number of rotatable bonds is 2. The Morgan fingerprint density at radius 3 is 2.42 bits per heavy atom. The van der Waals surface area contributed by atoms with Crippen molar-refractivity contribution in [3.8, 4) is 0 Å². The summed E-state index contributed by atoms with van der Waals surface area (Å²) in [7, 11) is 0. The van der Waals surface area contributed by atoms with Gasteiger partial charge in [0.2, 0.25) is 0 Å². The maximum absolute atomic E-state index is 5.92. The predicted octanol–water partition coefficient (Wildman–Crippen LogP) is 3.56. The van der Waals surface area contributed by atoms with E-state index in [1.165, 1.54) is 5.56 Å². The molecule has 1 heterocycles. The lowest BCUT2D eigenvalue weighted by molar-refractivity contribution is 0.708. The molecule has 0 radical (unpaired) electrons. The topological polar surface area (TPSA) is 41.6 Å². The molecule has 0 saturated carbocycles. The van der Waals surface area contributed by atoms with Gasteiger partial charge in [-0.05, 0) is 29.8 Å². The lowest BCUT2D eigenvalue weighted by Gasteiger charge is -2.23. The molecule has 3 rings (SSSR count). The van der Waals surface area contributed by atoms with E-state index in [0.29, 0.717) is 5.84 Å². The lowest BCUT2D eigenvalue weighted by atomic mass is 10.0. The quantitative estimate of drug-likeness (QED) is 0.907. The highest BCUT2D eigenvalue weighted by Crippen LogP contribution is 2.34. The Balaban J connectivity index is 1.96. The van der Waals surface area contributed by atoms with Crippen LogP contribution in [0.25, 0.3) is 0 Å². The smallest absolute Gasteiger partial charge is 0.122 e. The Labute approximate surface area is 117 Å². The van der Waals surface area contributed by atoms with Crippen LogP contribution in [0.2, 0.25) is 5.02 Å². The summed E-state index contributed by atoms with van der Waals surface area (Å²) in [5.74, 6) is 0.656. The van der Waals surface area contributed by atoms with Crippen molar-refractivity contribution in [2.45, 2.75) is 12.5 Å². The van der Waals surface area contributed by atoms with E-state index in [9.17, 15) is 0 Å². The van der Waals surface area contributed by atoms with E-state index in [0.717, 1.165) is 17.1 Å². The molecule has 2 aromatic carbocycles. The Kier molecular flexibility index (Phi) is 3.13. The van der Waals surface area contributed by atoms with Gasteiger partial charge >= 0.3 is 0 Å². The number of hydrogen-bond acceptors (Lipinski definition) is 3. The van der Waals surface area contributed by atoms with Crippen LogP contribution < -0.4 is 10.7 Å². The second-order valence-electron chi connectivity index (χ2n) is 4.54. The molecule has 0 spiro atoms. The van der Waals surface area contributed by atoms with Gasteiger partial charge in [-0.3, -0.25) is 5.01 Å². The minimum absolute atomic E-state index is 0.155. The minimum atomic E-state index is 0.155. The first kappa shape index (κ1) is 12.1. The number of hydrogen-bond donors (Lipinski definition) is 1. The van der Waals surface area contributed by atoms with Crippen molar-refractivity contribution >= 4 is 23.1 Å². The number of benzene rings is 2. The molecule has 3 nitrogen and oxygen atoms in total. The second-order valence-corrected chi connectivity index (χ2v) is 4.98. The van der Waals surface area contributed by atoms with Crippen molar-refractivity contribution < 1.29 is 0 Å². The fourth-order valence-electron chi connectivity index (χ4n) is 2.30. The zero-order chi connectivity index (χ0) is 13.2. The van der Waals surface area contributed by atoms with Crippen molar-refractivity contribution in [2.75, 3.05) is 5.01 Å². The van der Waals surface area contributed by atoms with Crippen LogP contribution in [0.3, 0.4) is 0 Å². The van der Waals surface area contributed by atoms with Crippen LogP contribution in [-0.2, 0) is 0 Å². The average Bonchev–Trinajstić information content (AvgIpc) is 2.83. The molecule has 1 aliphatic rings.